The number of carbonyl (C=O) groups excluding carboxylic acids is 3. The van der Waals surface area contributed by atoms with Crippen molar-refractivity contribution < 1.29 is 27.5 Å². The van der Waals surface area contributed by atoms with Crippen LogP contribution in [0.2, 0.25) is 0 Å². The highest BCUT2D eigenvalue weighted by molar-refractivity contribution is 7.92. The molecule has 1 fully saturated rings. The summed E-state index contributed by atoms with van der Waals surface area (Å²) >= 11 is 0. The van der Waals surface area contributed by atoms with E-state index in [1.807, 2.05) is 0 Å². The standard InChI is InChI=1S/C22H25N3O6S/c1-25(18-11-3-2-4-12-18)32(29,30)19-13-7-8-16(14-19)21(27)31-15-20(26)24-22(28)23-17-9-5-6-10-17/h2-4,7-8,11-14,17H,5-6,9-10,15H2,1H3,(H2,23,24,26,28). The molecule has 0 unspecified atom stereocenters. The van der Waals surface area contributed by atoms with Crippen molar-refractivity contribution in [1.82, 2.24) is 10.6 Å². The quantitative estimate of drug-likeness (QED) is 0.614. The van der Waals surface area contributed by atoms with Gasteiger partial charge in [-0.25, -0.2) is 18.0 Å². The third-order valence-electron chi connectivity index (χ3n) is 5.13. The minimum atomic E-state index is -3.91. The van der Waals surface area contributed by atoms with Crippen LogP contribution in [-0.2, 0) is 19.6 Å². The summed E-state index contributed by atoms with van der Waals surface area (Å²) in [5.74, 6) is -1.66. The van der Waals surface area contributed by atoms with Crippen molar-refractivity contribution >= 4 is 33.6 Å². The fourth-order valence-corrected chi connectivity index (χ4v) is 4.63. The van der Waals surface area contributed by atoms with Gasteiger partial charge in [0, 0.05) is 13.1 Å². The zero-order chi connectivity index (χ0) is 23.1. The van der Waals surface area contributed by atoms with Crippen LogP contribution in [-0.4, -0.2) is 46.0 Å². The van der Waals surface area contributed by atoms with Crippen molar-refractivity contribution in [2.45, 2.75) is 36.6 Å². The molecule has 9 nitrogen and oxygen atoms in total. The van der Waals surface area contributed by atoms with Gasteiger partial charge in [-0.2, -0.15) is 0 Å². The van der Waals surface area contributed by atoms with Gasteiger partial charge in [0.25, 0.3) is 15.9 Å². The van der Waals surface area contributed by atoms with E-state index in [0.29, 0.717) is 5.69 Å². The van der Waals surface area contributed by atoms with Crippen molar-refractivity contribution in [2.75, 3.05) is 18.0 Å². The molecule has 1 aliphatic carbocycles. The summed E-state index contributed by atoms with van der Waals surface area (Å²) in [5.41, 5.74) is 0.434. The summed E-state index contributed by atoms with van der Waals surface area (Å²) in [4.78, 5) is 35.9. The van der Waals surface area contributed by atoms with Crippen molar-refractivity contribution in [2.24, 2.45) is 0 Å². The molecule has 10 heteroatoms. The van der Waals surface area contributed by atoms with Crippen LogP contribution in [0.15, 0.2) is 59.5 Å². The number of nitrogens with one attached hydrogen (secondary N) is 2. The number of imide groups is 1. The molecule has 0 bridgehead atoms. The van der Waals surface area contributed by atoms with Gasteiger partial charge in [0.05, 0.1) is 16.1 Å². The summed E-state index contributed by atoms with van der Waals surface area (Å²) < 4.78 is 31.8. The van der Waals surface area contributed by atoms with E-state index in [0.717, 1.165) is 30.0 Å². The maximum absolute atomic E-state index is 12.9. The number of para-hydroxylation sites is 1. The number of ether oxygens (including phenoxy) is 1. The topological polar surface area (TPSA) is 122 Å². The summed E-state index contributed by atoms with van der Waals surface area (Å²) in [5, 5.41) is 4.81. The lowest BCUT2D eigenvalue weighted by molar-refractivity contribution is -0.123. The number of amides is 3. The van der Waals surface area contributed by atoms with Gasteiger partial charge in [0.2, 0.25) is 0 Å². The minimum absolute atomic E-state index is 0.0317. The molecule has 0 spiro atoms. The third kappa shape index (κ3) is 5.85. The molecule has 1 saturated carbocycles. The Morgan fingerprint density at radius 1 is 1.03 bits per heavy atom. The second-order valence-electron chi connectivity index (χ2n) is 7.42. The average Bonchev–Trinajstić information content (AvgIpc) is 3.30. The Morgan fingerprint density at radius 3 is 2.41 bits per heavy atom. The van der Waals surface area contributed by atoms with Crippen LogP contribution < -0.4 is 14.9 Å². The molecule has 2 N–H and O–H groups in total. The number of anilines is 1. The van der Waals surface area contributed by atoms with Crippen LogP contribution in [0, 0.1) is 0 Å². The van der Waals surface area contributed by atoms with Crippen molar-refractivity contribution in [3.63, 3.8) is 0 Å². The van der Waals surface area contributed by atoms with Crippen LogP contribution in [0.25, 0.3) is 0 Å². The Kier molecular flexibility index (Phi) is 7.47. The van der Waals surface area contributed by atoms with Gasteiger partial charge < -0.3 is 10.1 Å². The molecule has 3 rings (SSSR count). The zero-order valence-corrected chi connectivity index (χ0v) is 18.4. The molecule has 0 heterocycles. The fraction of sp³-hybridized carbons (Fsp3) is 0.318. The van der Waals surface area contributed by atoms with E-state index >= 15 is 0 Å². The largest absolute Gasteiger partial charge is 0.452 e. The monoisotopic (exact) mass is 459 g/mol. The van der Waals surface area contributed by atoms with E-state index < -0.39 is 34.5 Å². The molecule has 0 atom stereocenters. The minimum Gasteiger partial charge on any atom is -0.452 e. The third-order valence-corrected chi connectivity index (χ3v) is 6.91. The van der Waals surface area contributed by atoms with Gasteiger partial charge in [-0.1, -0.05) is 37.1 Å². The molecule has 0 saturated heterocycles. The predicted octanol–water partition coefficient (Wildman–Crippen LogP) is 2.44. The number of carbonyl (C=O) groups is 3. The summed E-state index contributed by atoms with van der Waals surface area (Å²) in [6, 6.07) is 13.3. The molecular weight excluding hydrogens is 434 g/mol. The highest BCUT2D eigenvalue weighted by Gasteiger charge is 2.23. The predicted molar refractivity (Wildman–Crippen MR) is 118 cm³/mol. The molecule has 170 valence electrons. The number of rotatable bonds is 7. The number of esters is 1. The highest BCUT2D eigenvalue weighted by atomic mass is 32.2. The molecule has 0 aliphatic heterocycles. The maximum atomic E-state index is 12.9. The second kappa shape index (κ2) is 10.3. The SMILES string of the molecule is CN(c1ccccc1)S(=O)(=O)c1cccc(C(=O)OCC(=O)NC(=O)NC2CCCC2)c1. The van der Waals surface area contributed by atoms with Gasteiger partial charge in [-0.3, -0.25) is 14.4 Å². The average molecular weight is 460 g/mol. The summed E-state index contributed by atoms with van der Waals surface area (Å²) in [7, 11) is -2.50. The van der Waals surface area contributed by atoms with E-state index in [1.54, 1.807) is 30.3 Å². The van der Waals surface area contributed by atoms with E-state index in [-0.39, 0.29) is 16.5 Å². The molecule has 3 amide bonds. The Morgan fingerprint density at radius 2 is 1.72 bits per heavy atom. The first-order valence-electron chi connectivity index (χ1n) is 10.2. The molecule has 1 aliphatic rings. The van der Waals surface area contributed by atoms with E-state index in [4.69, 9.17) is 4.74 Å². The van der Waals surface area contributed by atoms with Crippen molar-refractivity contribution in [3.8, 4) is 0 Å². The van der Waals surface area contributed by atoms with E-state index in [9.17, 15) is 22.8 Å². The number of nitrogens with zero attached hydrogens (tertiary/aromatic N) is 1. The van der Waals surface area contributed by atoms with Crippen LogP contribution in [0.3, 0.4) is 0 Å². The molecule has 2 aromatic carbocycles. The van der Waals surface area contributed by atoms with E-state index in [2.05, 4.69) is 10.6 Å². The Balaban J connectivity index is 1.58. The van der Waals surface area contributed by atoms with Crippen LogP contribution >= 0.6 is 0 Å². The van der Waals surface area contributed by atoms with Gasteiger partial charge in [0.1, 0.15) is 0 Å². The van der Waals surface area contributed by atoms with Crippen LogP contribution in [0.4, 0.5) is 10.5 Å². The second-order valence-corrected chi connectivity index (χ2v) is 9.38. The number of hydrogen-bond acceptors (Lipinski definition) is 6. The molecule has 2 aromatic rings. The lowest BCUT2D eigenvalue weighted by atomic mass is 10.2. The van der Waals surface area contributed by atoms with Crippen LogP contribution in [0.5, 0.6) is 0 Å². The smallest absolute Gasteiger partial charge is 0.338 e. The molecule has 32 heavy (non-hydrogen) atoms. The molecule has 0 aromatic heterocycles. The Bertz CT molecular complexity index is 1080. The van der Waals surface area contributed by atoms with Gasteiger partial charge >= 0.3 is 12.0 Å². The highest BCUT2D eigenvalue weighted by Crippen LogP contribution is 2.22. The van der Waals surface area contributed by atoms with Gasteiger partial charge in [-0.15, -0.1) is 0 Å². The normalized spacial score (nSPS) is 13.9. The van der Waals surface area contributed by atoms with Crippen molar-refractivity contribution in [1.29, 1.82) is 0 Å². The Labute approximate surface area is 186 Å². The van der Waals surface area contributed by atoms with E-state index in [1.165, 1.54) is 31.3 Å². The summed E-state index contributed by atoms with van der Waals surface area (Å²) in [6.07, 6.45) is 3.81. The summed E-state index contributed by atoms with van der Waals surface area (Å²) in [6.45, 7) is -0.669. The Hall–Kier alpha value is -3.40. The lowest BCUT2D eigenvalue weighted by Gasteiger charge is -2.19. The lowest BCUT2D eigenvalue weighted by Crippen LogP contribution is -2.45. The molecule has 0 radical (unpaired) electrons. The maximum Gasteiger partial charge on any atom is 0.338 e. The first-order chi connectivity index (χ1) is 15.3. The van der Waals surface area contributed by atoms with Crippen LogP contribution in [0.1, 0.15) is 36.0 Å². The van der Waals surface area contributed by atoms with Gasteiger partial charge in [0.15, 0.2) is 6.61 Å². The first-order valence-corrected chi connectivity index (χ1v) is 11.6. The number of benzene rings is 2. The zero-order valence-electron chi connectivity index (χ0n) is 17.6. The number of urea groups is 1. The van der Waals surface area contributed by atoms with Crippen molar-refractivity contribution in [3.05, 3.63) is 60.2 Å². The first kappa shape index (κ1) is 23.3. The van der Waals surface area contributed by atoms with Gasteiger partial charge in [-0.05, 0) is 43.2 Å². The fourth-order valence-electron chi connectivity index (χ4n) is 3.39. The molecular formula is C22H25N3O6S. The number of sulfonamides is 1. The number of hydrogen-bond donors (Lipinski definition) is 2.